The van der Waals surface area contributed by atoms with Crippen molar-refractivity contribution >= 4 is 0 Å². The molecule has 3 aromatic rings. The highest BCUT2D eigenvalue weighted by Gasteiger charge is 2.03. The summed E-state index contributed by atoms with van der Waals surface area (Å²) in [5.74, 6) is 0. The van der Waals surface area contributed by atoms with Gasteiger partial charge in [0.05, 0.1) is 0 Å². The van der Waals surface area contributed by atoms with E-state index in [1.807, 2.05) is 0 Å². The summed E-state index contributed by atoms with van der Waals surface area (Å²) in [6.45, 7) is 2.18. The molecule has 0 heterocycles. The average molecular weight is 244 g/mol. The van der Waals surface area contributed by atoms with Crippen molar-refractivity contribution < 1.29 is 0 Å². The summed E-state index contributed by atoms with van der Waals surface area (Å²) in [6.07, 6.45) is 0. The van der Waals surface area contributed by atoms with E-state index in [0.29, 0.717) is 0 Å². The van der Waals surface area contributed by atoms with E-state index in [0.717, 1.165) is 0 Å². The van der Waals surface area contributed by atoms with E-state index < -0.39 is 0 Å². The molecule has 0 amide bonds. The number of hydrogen-bond acceptors (Lipinski definition) is 0. The van der Waals surface area contributed by atoms with Crippen molar-refractivity contribution in [3.05, 3.63) is 84.4 Å². The lowest BCUT2D eigenvalue weighted by Gasteiger charge is -2.09. The van der Waals surface area contributed by atoms with Crippen molar-refractivity contribution in [2.45, 2.75) is 6.92 Å². The van der Waals surface area contributed by atoms with E-state index in [9.17, 15) is 0 Å². The van der Waals surface area contributed by atoms with Crippen molar-refractivity contribution in [1.82, 2.24) is 0 Å². The van der Waals surface area contributed by atoms with Crippen LogP contribution in [0.4, 0.5) is 0 Å². The SMILES string of the molecule is Cc1cc(-c2ccccc2)ccc1-c1ccccc1. The number of aryl methyl sites for hydroxylation is 1. The molecule has 0 bridgehead atoms. The predicted molar refractivity (Wildman–Crippen MR) is 82.1 cm³/mol. The van der Waals surface area contributed by atoms with Gasteiger partial charge in [0.2, 0.25) is 0 Å². The maximum Gasteiger partial charge on any atom is -0.0154 e. The maximum atomic E-state index is 2.26. The third-order valence-corrected chi connectivity index (χ3v) is 3.42. The number of benzene rings is 3. The highest BCUT2D eigenvalue weighted by Crippen LogP contribution is 2.28. The molecule has 0 N–H and O–H groups in total. The third-order valence-electron chi connectivity index (χ3n) is 3.42. The minimum Gasteiger partial charge on any atom is -0.0622 e. The minimum atomic E-state index is 1.27. The molecule has 19 heavy (non-hydrogen) atoms. The van der Waals surface area contributed by atoms with Crippen LogP contribution in [0.1, 0.15) is 5.56 Å². The Morgan fingerprint density at radius 3 is 1.68 bits per heavy atom. The lowest BCUT2D eigenvalue weighted by Crippen LogP contribution is -1.85. The summed E-state index contributed by atoms with van der Waals surface area (Å²) in [4.78, 5) is 0. The molecule has 0 heteroatoms. The molecule has 0 saturated carbocycles. The van der Waals surface area contributed by atoms with Gasteiger partial charge >= 0.3 is 0 Å². The zero-order chi connectivity index (χ0) is 13.1. The molecule has 0 aliphatic heterocycles. The van der Waals surface area contributed by atoms with Crippen molar-refractivity contribution in [1.29, 1.82) is 0 Å². The first-order chi connectivity index (χ1) is 9.34. The van der Waals surface area contributed by atoms with Gasteiger partial charge in [-0.2, -0.15) is 0 Å². The van der Waals surface area contributed by atoms with Gasteiger partial charge in [0, 0.05) is 0 Å². The van der Waals surface area contributed by atoms with Crippen LogP contribution in [0.15, 0.2) is 78.9 Å². The van der Waals surface area contributed by atoms with Crippen LogP contribution in [0, 0.1) is 6.92 Å². The van der Waals surface area contributed by atoms with Gasteiger partial charge in [-0.3, -0.25) is 0 Å². The summed E-state index contributed by atoms with van der Waals surface area (Å²) in [5.41, 5.74) is 6.44. The van der Waals surface area contributed by atoms with Crippen molar-refractivity contribution in [3.8, 4) is 22.3 Å². The molecule has 0 nitrogen and oxygen atoms in total. The Bertz CT molecular complexity index is 667. The predicted octanol–water partition coefficient (Wildman–Crippen LogP) is 5.33. The molecule has 0 saturated heterocycles. The number of hydrogen-bond donors (Lipinski definition) is 0. The van der Waals surface area contributed by atoms with Crippen LogP contribution in [-0.4, -0.2) is 0 Å². The second-order valence-corrected chi connectivity index (χ2v) is 4.76. The summed E-state index contributed by atoms with van der Waals surface area (Å²) < 4.78 is 0. The Morgan fingerprint density at radius 1 is 0.526 bits per heavy atom. The first kappa shape index (κ1) is 11.7. The van der Waals surface area contributed by atoms with Crippen molar-refractivity contribution in [2.24, 2.45) is 0 Å². The lowest BCUT2D eigenvalue weighted by molar-refractivity contribution is 1.45. The van der Waals surface area contributed by atoms with E-state index in [1.54, 1.807) is 0 Å². The maximum absolute atomic E-state index is 2.26. The monoisotopic (exact) mass is 244 g/mol. The van der Waals surface area contributed by atoms with Crippen LogP contribution < -0.4 is 0 Å². The van der Waals surface area contributed by atoms with E-state index in [4.69, 9.17) is 0 Å². The fourth-order valence-electron chi connectivity index (χ4n) is 2.42. The quantitative estimate of drug-likeness (QED) is 0.571. The highest BCUT2D eigenvalue weighted by atomic mass is 14.1. The summed E-state index contributed by atoms with van der Waals surface area (Å²) in [7, 11) is 0. The van der Waals surface area contributed by atoms with Crippen molar-refractivity contribution in [2.75, 3.05) is 0 Å². The van der Waals surface area contributed by atoms with Crippen LogP contribution in [-0.2, 0) is 0 Å². The van der Waals surface area contributed by atoms with Crippen LogP contribution >= 0.6 is 0 Å². The van der Waals surface area contributed by atoms with Gasteiger partial charge in [-0.05, 0) is 34.7 Å². The van der Waals surface area contributed by atoms with E-state index in [1.165, 1.54) is 27.8 Å². The molecule has 0 aromatic heterocycles. The van der Waals surface area contributed by atoms with Crippen LogP contribution in [0.2, 0.25) is 0 Å². The zero-order valence-electron chi connectivity index (χ0n) is 11.0. The molecule has 0 aliphatic rings. The molecular formula is C19H16. The van der Waals surface area contributed by atoms with Gasteiger partial charge in [0.25, 0.3) is 0 Å². The molecule has 0 unspecified atom stereocenters. The summed E-state index contributed by atoms with van der Waals surface area (Å²) in [5, 5.41) is 0. The Kier molecular flexibility index (Phi) is 3.16. The van der Waals surface area contributed by atoms with Gasteiger partial charge in [-0.1, -0.05) is 78.9 Å². The van der Waals surface area contributed by atoms with Gasteiger partial charge in [0.15, 0.2) is 0 Å². The molecule has 0 atom stereocenters. The highest BCUT2D eigenvalue weighted by molar-refractivity contribution is 5.73. The Labute approximate surface area is 114 Å². The fourth-order valence-corrected chi connectivity index (χ4v) is 2.42. The Hall–Kier alpha value is -2.34. The fraction of sp³-hybridized carbons (Fsp3) is 0.0526. The third kappa shape index (κ3) is 2.43. The molecule has 0 fully saturated rings. The van der Waals surface area contributed by atoms with E-state index >= 15 is 0 Å². The Morgan fingerprint density at radius 2 is 1.11 bits per heavy atom. The molecular weight excluding hydrogens is 228 g/mol. The second kappa shape index (κ2) is 5.11. The van der Waals surface area contributed by atoms with Gasteiger partial charge in [-0.15, -0.1) is 0 Å². The summed E-state index contributed by atoms with van der Waals surface area (Å²) in [6, 6.07) is 27.7. The van der Waals surface area contributed by atoms with Crippen molar-refractivity contribution in [3.63, 3.8) is 0 Å². The van der Waals surface area contributed by atoms with E-state index in [2.05, 4.69) is 85.8 Å². The Balaban J connectivity index is 2.04. The summed E-state index contributed by atoms with van der Waals surface area (Å²) >= 11 is 0. The smallest absolute Gasteiger partial charge is 0.0154 e. The van der Waals surface area contributed by atoms with E-state index in [-0.39, 0.29) is 0 Å². The minimum absolute atomic E-state index is 1.27. The molecule has 0 radical (unpaired) electrons. The normalized spacial score (nSPS) is 10.4. The standard InChI is InChI=1S/C19H16/c1-15-14-18(16-8-4-2-5-9-16)12-13-19(15)17-10-6-3-7-11-17/h2-14H,1H3. The molecule has 3 rings (SSSR count). The average Bonchev–Trinajstić information content (AvgIpc) is 2.49. The number of rotatable bonds is 2. The lowest BCUT2D eigenvalue weighted by atomic mass is 9.96. The topological polar surface area (TPSA) is 0 Å². The van der Waals surface area contributed by atoms with Crippen LogP contribution in [0.3, 0.4) is 0 Å². The van der Waals surface area contributed by atoms with Gasteiger partial charge in [-0.25, -0.2) is 0 Å². The molecule has 0 spiro atoms. The molecule has 92 valence electrons. The van der Waals surface area contributed by atoms with Crippen LogP contribution in [0.25, 0.3) is 22.3 Å². The van der Waals surface area contributed by atoms with Gasteiger partial charge < -0.3 is 0 Å². The molecule has 0 aliphatic carbocycles. The first-order valence-electron chi connectivity index (χ1n) is 6.56. The largest absolute Gasteiger partial charge is 0.0622 e. The molecule has 3 aromatic carbocycles. The second-order valence-electron chi connectivity index (χ2n) is 4.76. The van der Waals surface area contributed by atoms with Gasteiger partial charge in [0.1, 0.15) is 0 Å². The first-order valence-corrected chi connectivity index (χ1v) is 6.56. The van der Waals surface area contributed by atoms with Crippen LogP contribution in [0.5, 0.6) is 0 Å². The zero-order valence-corrected chi connectivity index (χ0v) is 11.0.